The highest BCUT2D eigenvalue weighted by Gasteiger charge is 2.12. The molecule has 0 spiro atoms. The van der Waals surface area contributed by atoms with Crippen molar-refractivity contribution >= 4 is 11.0 Å². The van der Waals surface area contributed by atoms with E-state index in [9.17, 15) is 4.39 Å². The molecule has 3 aromatic heterocycles. The molecule has 0 aromatic carbocycles. The molecule has 0 unspecified atom stereocenters. The number of hydrogen-bond acceptors (Lipinski definition) is 3. The Morgan fingerprint density at radius 2 is 2.21 bits per heavy atom. The highest BCUT2D eigenvalue weighted by Crippen LogP contribution is 2.28. The first-order valence-corrected chi connectivity index (χ1v) is 5.98. The van der Waals surface area contributed by atoms with E-state index in [0.29, 0.717) is 17.6 Å². The van der Waals surface area contributed by atoms with Crippen LogP contribution in [0.4, 0.5) is 4.39 Å². The van der Waals surface area contributed by atoms with Crippen LogP contribution < -0.4 is 5.73 Å². The summed E-state index contributed by atoms with van der Waals surface area (Å²) in [6.07, 6.45) is 4.69. The molecule has 3 rings (SSSR count). The van der Waals surface area contributed by atoms with Gasteiger partial charge in [0, 0.05) is 30.7 Å². The van der Waals surface area contributed by atoms with E-state index in [0.717, 1.165) is 22.4 Å². The third-order valence-electron chi connectivity index (χ3n) is 3.24. The molecule has 4 nitrogen and oxygen atoms in total. The highest BCUT2D eigenvalue weighted by molar-refractivity contribution is 5.92. The predicted molar refractivity (Wildman–Crippen MR) is 71.9 cm³/mol. The van der Waals surface area contributed by atoms with Crippen LogP contribution in [-0.4, -0.2) is 15.0 Å². The van der Waals surface area contributed by atoms with Gasteiger partial charge in [-0.25, -0.2) is 9.37 Å². The number of hydrogen-bond donors (Lipinski definition) is 2. The fraction of sp³-hybridized carbons (Fsp3) is 0.143. The van der Waals surface area contributed by atoms with Gasteiger partial charge in [-0.15, -0.1) is 0 Å². The molecule has 0 radical (unpaired) electrons. The molecule has 0 fully saturated rings. The van der Waals surface area contributed by atoms with E-state index < -0.39 is 0 Å². The zero-order valence-corrected chi connectivity index (χ0v) is 10.4. The van der Waals surface area contributed by atoms with Crippen molar-refractivity contribution in [1.82, 2.24) is 15.0 Å². The summed E-state index contributed by atoms with van der Waals surface area (Å²) in [5.74, 6) is -0.319. The number of halogens is 1. The Hall–Kier alpha value is -2.27. The molecular formula is C14H13FN4. The first-order chi connectivity index (χ1) is 9.20. The number of rotatable bonds is 2. The van der Waals surface area contributed by atoms with Crippen LogP contribution in [0.3, 0.4) is 0 Å². The summed E-state index contributed by atoms with van der Waals surface area (Å²) < 4.78 is 13.8. The van der Waals surface area contributed by atoms with E-state index in [1.54, 1.807) is 18.5 Å². The molecule has 0 bridgehead atoms. The monoisotopic (exact) mass is 256 g/mol. The van der Waals surface area contributed by atoms with Crippen molar-refractivity contribution in [2.24, 2.45) is 5.73 Å². The summed E-state index contributed by atoms with van der Waals surface area (Å²) in [4.78, 5) is 11.3. The molecule has 5 heteroatoms. The van der Waals surface area contributed by atoms with Gasteiger partial charge in [0.05, 0.1) is 11.1 Å². The Balaban J connectivity index is 2.24. The summed E-state index contributed by atoms with van der Waals surface area (Å²) in [7, 11) is 0. The van der Waals surface area contributed by atoms with Gasteiger partial charge in [-0.3, -0.25) is 4.98 Å². The lowest BCUT2D eigenvalue weighted by Crippen LogP contribution is -2.00. The van der Waals surface area contributed by atoms with Gasteiger partial charge in [0.2, 0.25) is 0 Å². The second kappa shape index (κ2) is 4.44. The lowest BCUT2D eigenvalue weighted by molar-refractivity contribution is 0.639. The van der Waals surface area contributed by atoms with Gasteiger partial charge in [0.15, 0.2) is 5.82 Å². The summed E-state index contributed by atoms with van der Waals surface area (Å²) in [5, 5.41) is 0.467. The number of nitrogens with two attached hydrogens (primary N) is 1. The van der Waals surface area contributed by atoms with Gasteiger partial charge in [-0.05, 0) is 30.2 Å². The first-order valence-electron chi connectivity index (χ1n) is 5.98. The average molecular weight is 256 g/mol. The van der Waals surface area contributed by atoms with E-state index in [1.165, 1.54) is 6.20 Å². The van der Waals surface area contributed by atoms with Gasteiger partial charge in [-0.1, -0.05) is 0 Å². The molecule has 0 saturated heterocycles. The molecule has 0 aliphatic heterocycles. The smallest absolute Gasteiger partial charge is 0.150 e. The lowest BCUT2D eigenvalue weighted by atomic mass is 10.0. The van der Waals surface area contributed by atoms with Crippen LogP contribution in [0.5, 0.6) is 0 Å². The molecule has 0 amide bonds. The van der Waals surface area contributed by atoms with Crippen molar-refractivity contribution in [3.63, 3.8) is 0 Å². The molecule has 3 heterocycles. The third-order valence-corrected chi connectivity index (χ3v) is 3.24. The van der Waals surface area contributed by atoms with Crippen LogP contribution in [0.1, 0.15) is 11.1 Å². The number of pyridine rings is 2. The van der Waals surface area contributed by atoms with Crippen molar-refractivity contribution < 1.29 is 4.39 Å². The lowest BCUT2D eigenvalue weighted by Gasteiger charge is -2.07. The molecule has 0 atom stereocenters. The largest absolute Gasteiger partial charge is 0.343 e. The topological polar surface area (TPSA) is 67.6 Å². The molecule has 96 valence electrons. The number of nitrogens with zero attached hydrogens (tertiary/aromatic N) is 2. The second-order valence-corrected chi connectivity index (χ2v) is 4.42. The Kier molecular flexibility index (Phi) is 2.76. The summed E-state index contributed by atoms with van der Waals surface area (Å²) in [5.41, 5.74) is 9.64. The minimum absolute atomic E-state index is 0.319. The van der Waals surface area contributed by atoms with Crippen LogP contribution in [-0.2, 0) is 6.54 Å². The fourth-order valence-electron chi connectivity index (χ4n) is 2.18. The van der Waals surface area contributed by atoms with Gasteiger partial charge in [0.1, 0.15) is 5.65 Å². The average Bonchev–Trinajstić information content (AvgIpc) is 2.81. The van der Waals surface area contributed by atoms with E-state index >= 15 is 0 Å². The molecule has 3 N–H and O–H groups in total. The predicted octanol–water partition coefficient (Wildman–Crippen LogP) is 2.53. The van der Waals surface area contributed by atoms with Crippen LogP contribution >= 0.6 is 0 Å². The Morgan fingerprint density at radius 1 is 1.37 bits per heavy atom. The van der Waals surface area contributed by atoms with Crippen molar-refractivity contribution in [2.45, 2.75) is 13.5 Å². The Morgan fingerprint density at radius 3 is 2.95 bits per heavy atom. The van der Waals surface area contributed by atoms with Crippen molar-refractivity contribution in [3.8, 4) is 11.3 Å². The maximum atomic E-state index is 13.8. The van der Waals surface area contributed by atoms with Crippen LogP contribution in [0.15, 0.2) is 30.7 Å². The van der Waals surface area contributed by atoms with Crippen molar-refractivity contribution in [2.75, 3.05) is 0 Å². The molecular weight excluding hydrogens is 243 g/mol. The fourth-order valence-corrected chi connectivity index (χ4v) is 2.18. The maximum Gasteiger partial charge on any atom is 0.150 e. The minimum Gasteiger partial charge on any atom is -0.343 e. The molecule has 0 aliphatic carbocycles. The number of fused-ring (bicyclic) bond motifs is 1. The summed E-state index contributed by atoms with van der Waals surface area (Å²) in [6, 6.07) is 3.69. The second-order valence-electron chi connectivity index (χ2n) is 4.42. The standard InChI is InChI=1S/C14H13FN4/c1-8-4-12(18-6-9(8)5-16)10-2-3-17-14-13(10)11(15)7-19-14/h2-4,6-7H,5,16H2,1H3,(H,17,19). The maximum absolute atomic E-state index is 13.8. The van der Waals surface area contributed by atoms with E-state index in [2.05, 4.69) is 15.0 Å². The number of aromatic nitrogens is 3. The zero-order valence-electron chi connectivity index (χ0n) is 10.4. The Labute approximate surface area is 109 Å². The van der Waals surface area contributed by atoms with Gasteiger partial charge >= 0.3 is 0 Å². The van der Waals surface area contributed by atoms with Gasteiger partial charge < -0.3 is 10.7 Å². The number of aromatic amines is 1. The number of aryl methyl sites for hydroxylation is 1. The minimum atomic E-state index is -0.319. The van der Waals surface area contributed by atoms with Crippen LogP contribution in [0, 0.1) is 12.7 Å². The first kappa shape index (κ1) is 11.8. The summed E-state index contributed by atoms with van der Waals surface area (Å²) in [6.45, 7) is 2.42. The van der Waals surface area contributed by atoms with E-state index in [4.69, 9.17) is 5.73 Å². The van der Waals surface area contributed by atoms with E-state index in [-0.39, 0.29) is 5.82 Å². The molecule has 19 heavy (non-hydrogen) atoms. The SMILES string of the molecule is Cc1cc(-c2ccnc3[nH]cc(F)c23)ncc1CN. The zero-order chi connectivity index (χ0) is 13.4. The van der Waals surface area contributed by atoms with E-state index in [1.807, 2.05) is 13.0 Å². The summed E-state index contributed by atoms with van der Waals surface area (Å²) >= 11 is 0. The third kappa shape index (κ3) is 1.88. The van der Waals surface area contributed by atoms with Crippen molar-refractivity contribution in [3.05, 3.63) is 47.7 Å². The van der Waals surface area contributed by atoms with Gasteiger partial charge in [0.25, 0.3) is 0 Å². The molecule has 3 aromatic rings. The van der Waals surface area contributed by atoms with Crippen LogP contribution in [0.2, 0.25) is 0 Å². The quantitative estimate of drug-likeness (QED) is 0.740. The Bertz CT molecular complexity index is 748. The van der Waals surface area contributed by atoms with Gasteiger partial charge in [-0.2, -0.15) is 0 Å². The molecule has 0 saturated carbocycles. The number of nitrogens with one attached hydrogen (secondary N) is 1. The molecule has 0 aliphatic rings. The van der Waals surface area contributed by atoms with Crippen molar-refractivity contribution in [1.29, 1.82) is 0 Å². The number of H-pyrrole nitrogens is 1. The van der Waals surface area contributed by atoms with Crippen LogP contribution in [0.25, 0.3) is 22.3 Å². The normalized spacial score (nSPS) is 11.1. The highest BCUT2D eigenvalue weighted by atomic mass is 19.1.